The molecule has 1 amide bonds. The van der Waals surface area contributed by atoms with E-state index in [1.54, 1.807) is 23.1 Å². The van der Waals surface area contributed by atoms with Crippen LogP contribution in [0.1, 0.15) is 28.1 Å². The molecule has 5 rings (SSSR count). The zero-order valence-corrected chi connectivity index (χ0v) is 18.8. The largest absolute Gasteiger partial charge is 0.381 e. The van der Waals surface area contributed by atoms with Crippen LogP contribution >= 0.6 is 11.3 Å². The summed E-state index contributed by atoms with van der Waals surface area (Å²) in [5.41, 5.74) is 2.52. The molecule has 0 spiro atoms. The van der Waals surface area contributed by atoms with Crippen LogP contribution < -0.4 is 10.6 Å². The lowest BCUT2D eigenvalue weighted by molar-refractivity contribution is -0.126. The van der Waals surface area contributed by atoms with Gasteiger partial charge in [-0.15, -0.1) is 0 Å². The van der Waals surface area contributed by atoms with Crippen molar-refractivity contribution in [1.29, 1.82) is 0 Å². The predicted molar refractivity (Wildman–Crippen MR) is 125 cm³/mol. The summed E-state index contributed by atoms with van der Waals surface area (Å²) in [6.45, 7) is 3.44. The van der Waals surface area contributed by atoms with Gasteiger partial charge in [-0.1, -0.05) is 17.4 Å². The maximum Gasteiger partial charge on any atom is 0.267 e. The number of carbonyl (C=O) groups is 2. The fourth-order valence-corrected chi connectivity index (χ4v) is 4.56. The van der Waals surface area contributed by atoms with Crippen LogP contribution in [0.2, 0.25) is 0 Å². The first-order valence-electron chi connectivity index (χ1n) is 10.7. The molecule has 0 unspecified atom stereocenters. The van der Waals surface area contributed by atoms with Crippen molar-refractivity contribution in [1.82, 2.24) is 25.0 Å². The number of ketones is 1. The van der Waals surface area contributed by atoms with E-state index in [4.69, 9.17) is 4.74 Å². The fourth-order valence-electron chi connectivity index (χ4n) is 3.84. The van der Waals surface area contributed by atoms with E-state index in [0.29, 0.717) is 29.0 Å². The second-order valence-corrected chi connectivity index (χ2v) is 8.98. The normalized spacial score (nSPS) is 14.5. The SMILES string of the molecule is Cc1ccc2[nH]ncc2c1NC(=O)c1cnc(Nc2ccn(CC(=O)C3CCOCC3)n2)s1. The third-order valence-electron chi connectivity index (χ3n) is 5.67. The second kappa shape index (κ2) is 9.12. The average molecular weight is 466 g/mol. The van der Waals surface area contributed by atoms with Gasteiger partial charge >= 0.3 is 0 Å². The van der Waals surface area contributed by atoms with Crippen LogP contribution in [0.3, 0.4) is 0 Å². The van der Waals surface area contributed by atoms with Crippen LogP contribution in [0.5, 0.6) is 0 Å². The third kappa shape index (κ3) is 4.64. The number of H-pyrrole nitrogens is 1. The van der Waals surface area contributed by atoms with Gasteiger partial charge in [0.15, 0.2) is 16.7 Å². The maximum absolute atomic E-state index is 12.8. The Morgan fingerprint density at radius 3 is 2.94 bits per heavy atom. The molecule has 1 aliphatic rings. The molecule has 1 aliphatic heterocycles. The van der Waals surface area contributed by atoms with Crippen molar-refractivity contribution < 1.29 is 14.3 Å². The summed E-state index contributed by atoms with van der Waals surface area (Å²) in [5, 5.41) is 18.8. The monoisotopic (exact) mass is 465 g/mol. The number of benzene rings is 1. The molecule has 1 saturated heterocycles. The molecule has 0 saturated carbocycles. The van der Waals surface area contributed by atoms with E-state index in [0.717, 1.165) is 35.0 Å². The van der Waals surface area contributed by atoms with Crippen molar-refractivity contribution in [2.75, 3.05) is 23.8 Å². The zero-order valence-electron chi connectivity index (χ0n) is 18.0. The van der Waals surface area contributed by atoms with E-state index < -0.39 is 0 Å². The third-order valence-corrected chi connectivity index (χ3v) is 6.58. The number of Topliss-reactive ketones (excluding diaryl/α,β-unsaturated/α-hetero) is 1. The number of anilines is 3. The lowest BCUT2D eigenvalue weighted by Gasteiger charge is -2.20. The number of ether oxygens (including phenoxy) is 1. The highest BCUT2D eigenvalue weighted by Gasteiger charge is 2.22. The van der Waals surface area contributed by atoms with Gasteiger partial charge in [0.25, 0.3) is 5.91 Å². The summed E-state index contributed by atoms with van der Waals surface area (Å²) in [6, 6.07) is 5.64. The molecule has 3 N–H and O–H groups in total. The van der Waals surface area contributed by atoms with E-state index in [9.17, 15) is 9.59 Å². The van der Waals surface area contributed by atoms with Gasteiger partial charge in [0.2, 0.25) is 0 Å². The number of amides is 1. The van der Waals surface area contributed by atoms with E-state index >= 15 is 0 Å². The number of thiazole rings is 1. The van der Waals surface area contributed by atoms with Crippen molar-refractivity contribution >= 4 is 50.6 Å². The Morgan fingerprint density at radius 2 is 2.09 bits per heavy atom. The van der Waals surface area contributed by atoms with Gasteiger partial charge in [0, 0.05) is 36.8 Å². The molecule has 1 aromatic carbocycles. The van der Waals surface area contributed by atoms with Gasteiger partial charge in [-0.05, 0) is 31.4 Å². The number of fused-ring (bicyclic) bond motifs is 1. The van der Waals surface area contributed by atoms with Crippen LogP contribution in [0.4, 0.5) is 16.6 Å². The van der Waals surface area contributed by atoms with E-state index in [2.05, 4.69) is 30.9 Å². The number of nitrogens with one attached hydrogen (secondary N) is 3. The molecular weight excluding hydrogens is 442 g/mol. The molecule has 0 atom stereocenters. The minimum atomic E-state index is -0.245. The van der Waals surface area contributed by atoms with Gasteiger partial charge in [-0.3, -0.25) is 19.4 Å². The molecule has 11 heteroatoms. The highest BCUT2D eigenvalue weighted by molar-refractivity contribution is 7.17. The number of hydrogen-bond acceptors (Lipinski definition) is 8. The molecule has 33 heavy (non-hydrogen) atoms. The molecule has 3 aromatic heterocycles. The van der Waals surface area contributed by atoms with Crippen molar-refractivity contribution in [3.05, 3.63) is 47.2 Å². The Kier molecular flexibility index (Phi) is 5.88. The van der Waals surface area contributed by atoms with Gasteiger partial charge in [-0.2, -0.15) is 10.2 Å². The Balaban J connectivity index is 1.22. The Labute approximate surface area is 193 Å². The van der Waals surface area contributed by atoms with Gasteiger partial charge < -0.3 is 15.4 Å². The van der Waals surface area contributed by atoms with Gasteiger partial charge in [-0.25, -0.2) is 4.98 Å². The lowest BCUT2D eigenvalue weighted by Crippen LogP contribution is -2.26. The topological polar surface area (TPSA) is 127 Å². The fraction of sp³-hybridized carbons (Fsp3) is 0.318. The van der Waals surface area contributed by atoms with E-state index in [-0.39, 0.29) is 24.2 Å². The van der Waals surface area contributed by atoms with Gasteiger partial charge in [0.1, 0.15) is 4.88 Å². The molecule has 4 aromatic rings. The van der Waals surface area contributed by atoms with Crippen molar-refractivity contribution in [3.8, 4) is 0 Å². The summed E-state index contributed by atoms with van der Waals surface area (Å²) in [4.78, 5) is 30.0. The Morgan fingerprint density at radius 1 is 1.24 bits per heavy atom. The molecular formula is C22H23N7O3S. The molecule has 0 bridgehead atoms. The molecule has 170 valence electrons. The number of carbonyl (C=O) groups excluding carboxylic acids is 2. The smallest absolute Gasteiger partial charge is 0.267 e. The van der Waals surface area contributed by atoms with Crippen LogP contribution in [-0.4, -0.2) is 49.9 Å². The standard InChI is InChI=1S/C22H23N7O3S/c1-13-2-3-16-15(10-24-27-16)20(13)26-21(31)18-11-23-22(33-18)25-19-4-7-29(28-19)12-17(30)14-5-8-32-9-6-14/h2-4,7,10-11,14H,5-6,8-9,12H2,1H3,(H,24,27)(H,26,31)(H,23,25,28). The number of rotatable bonds is 7. The minimum Gasteiger partial charge on any atom is -0.381 e. The summed E-state index contributed by atoms with van der Waals surface area (Å²) in [6.07, 6.45) is 6.52. The first-order valence-corrected chi connectivity index (χ1v) is 11.5. The predicted octanol–water partition coefficient (Wildman–Crippen LogP) is 3.52. The molecule has 10 nitrogen and oxygen atoms in total. The maximum atomic E-state index is 12.8. The van der Waals surface area contributed by atoms with E-state index in [1.165, 1.54) is 17.5 Å². The molecule has 1 fully saturated rings. The summed E-state index contributed by atoms with van der Waals surface area (Å²) < 4.78 is 6.94. The van der Waals surface area contributed by atoms with Crippen LogP contribution in [0.15, 0.2) is 36.8 Å². The quantitative estimate of drug-likeness (QED) is 0.381. The molecule has 4 heterocycles. The number of nitrogens with zero attached hydrogens (tertiary/aromatic N) is 4. The number of aryl methyl sites for hydroxylation is 1. The Bertz CT molecular complexity index is 1300. The first-order chi connectivity index (χ1) is 16.1. The van der Waals surface area contributed by atoms with Crippen LogP contribution in [-0.2, 0) is 16.1 Å². The first kappa shape index (κ1) is 21.3. The number of aromatic nitrogens is 5. The molecule has 0 aliphatic carbocycles. The molecule has 0 radical (unpaired) electrons. The summed E-state index contributed by atoms with van der Waals surface area (Å²) in [5.74, 6) is 0.528. The van der Waals surface area contributed by atoms with E-state index in [1.807, 2.05) is 19.1 Å². The lowest BCUT2D eigenvalue weighted by atomic mass is 9.95. The van der Waals surface area contributed by atoms with Crippen LogP contribution in [0, 0.1) is 12.8 Å². The van der Waals surface area contributed by atoms with Gasteiger partial charge in [0.05, 0.1) is 30.1 Å². The summed E-state index contributed by atoms with van der Waals surface area (Å²) >= 11 is 1.23. The highest BCUT2D eigenvalue weighted by Crippen LogP contribution is 2.28. The van der Waals surface area contributed by atoms with Crippen molar-refractivity contribution in [3.63, 3.8) is 0 Å². The van der Waals surface area contributed by atoms with Crippen LogP contribution in [0.25, 0.3) is 10.9 Å². The second-order valence-electron chi connectivity index (χ2n) is 7.95. The Hall–Kier alpha value is -3.57. The highest BCUT2D eigenvalue weighted by atomic mass is 32.1. The average Bonchev–Trinajstić information content (AvgIpc) is 3.58. The van der Waals surface area contributed by atoms with Crippen molar-refractivity contribution in [2.24, 2.45) is 5.92 Å². The zero-order chi connectivity index (χ0) is 22.8. The minimum absolute atomic E-state index is 0.0379. The number of hydrogen-bond donors (Lipinski definition) is 3. The summed E-state index contributed by atoms with van der Waals surface area (Å²) in [7, 11) is 0. The number of aromatic amines is 1. The van der Waals surface area contributed by atoms with Crippen molar-refractivity contribution in [2.45, 2.75) is 26.3 Å².